The number of nitrogens with zero attached hydrogens (tertiary/aromatic N) is 1. The van der Waals surface area contributed by atoms with E-state index in [-0.39, 0.29) is 17.7 Å². The van der Waals surface area contributed by atoms with E-state index in [0.717, 1.165) is 19.9 Å². The fraction of sp³-hybridized carbons (Fsp3) is 0.333. The van der Waals surface area contributed by atoms with Crippen LogP contribution in [0.1, 0.15) is 23.3 Å². The molecule has 1 atom stereocenters. The molecule has 0 fully saturated rings. The van der Waals surface area contributed by atoms with Crippen LogP contribution in [0.25, 0.3) is 0 Å². The molecule has 3 rings (SSSR count). The molecule has 0 spiro atoms. The molecule has 0 saturated heterocycles. The number of carbonyl (C=O) groups is 2. The molecule has 1 aliphatic rings. The van der Waals surface area contributed by atoms with Gasteiger partial charge in [0.2, 0.25) is 11.8 Å². The van der Waals surface area contributed by atoms with Crippen molar-refractivity contribution in [2.24, 2.45) is 5.92 Å². The molecule has 6 heteroatoms. The van der Waals surface area contributed by atoms with E-state index < -0.39 is 0 Å². The van der Waals surface area contributed by atoms with E-state index in [4.69, 9.17) is 0 Å². The van der Waals surface area contributed by atoms with Gasteiger partial charge in [0.15, 0.2) is 0 Å². The van der Waals surface area contributed by atoms with Gasteiger partial charge in [-0.2, -0.15) is 0 Å². The number of rotatable bonds is 5. The maximum atomic E-state index is 12.3. The molecule has 0 bridgehead atoms. The van der Waals surface area contributed by atoms with Crippen molar-refractivity contribution in [1.82, 2.24) is 4.90 Å². The lowest BCUT2D eigenvalue weighted by molar-refractivity contribution is -0.131. The highest BCUT2D eigenvalue weighted by Gasteiger charge is 2.26. The molecule has 0 saturated carbocycles. The Balaban J connectivity index is 1.53. The van der Waals surface area contributed by atoms with Crippen molar-refractivity contribution in [3.63, 3.8) is 0 Å². The van der Waals surface area contributed by atoms with Crippen molar-refractivity contribution in [2.75, 3.05) is 12.4 Å². The molecule has 1 aromatic carbocycles. The second-order valence-corrected chi connectivity index (χ2v) is 8.59. The first-order valence-electron chi connectivity index (χ1n) is 7.90. The van der Waals surface area contributed by atoms with Crippen molar-refractivity contribution < 1.29 is 9.59 Å². The molecule has 0 aliphatic carbocycles. The van der Waals surface area contributed by atoms with Crippen LogP contribution in [-0.2, 0) is 22.6 Å². The van der Waals surface area contributed by atoms with E-state index in [0.29, 0.717) is 25.8 Å². The van der Waals surface area contributed by atoms with Crippen LogP contribution < -0.4 is 5.32 Å². The molecule has 2 aromatic rings. The molecule has 0 radical (unpaired) electrons. The lowest BCUT2D eigenvalue weighted by atomic mass is 9.89. The summed E-state index contributed by atoms with van der Waals surface area (Å²) < 4.78 is 1.07. The van der Waals surface area contributed by atoms with Crippen LogP contribution in [-0.4, -0.2) is 23.8 Å². The Bertz CT molecular complexity index is 759. The zero-order chi connectivity index (χ0) is 17.1. The van der Waals surface area contributed by atoms with Gasteiger partial charge in [-0.25, -0.2) is 0 Å². The van der Waals surface area contributed by atoms with Crippen LogP contribution >= 0.6 is 27.3 Å². The van der Waals surface area contributed by atoms with Gasteiger partial charge >= 0.3 is 0 Å². The van der Waals surface area contributed by atoms with Crippen LogP contribution in [0, 0.1) is 5.92 Å². The summed E-state index contributed by atoms with van der Waals surface area (Å²) in [6.45, 7) is 0.606. The third-order valence-electron chi connectivity index (χ3n) is 4.27. The topological polar surface area (TPSA) is 49.4 Å². The largest absolute Gasteiger partial charge is 0.341 e. The normalized spacial score (nSPS) is 16.4. The van der Waals surface area contributed by atoms with Crippen molar-refractivity contribution in [3.05, 3.63) is 50.6 Å². The van der Waals surface area contributed by atoms with Crippen LogP contribution in [0.3, 0.4) is 0 Å². The summed E-state index contributed by atoms with van der Waals surface area (Å²) in [6.07, 6.45) is 1.68. The highest BCUT2D eigenvalue weighted by molar-refractivity contribution is 9.11. The van der Waals surface area contributed by atoms with E-state index in [2.05, 4.69) is 21.2 Å². The van der Waals surface area contributed by atoms with E-state index in [9.17, 15) is 9.59 Å². The zero-order valence-electron chi connectivity index (χ0n) is 13.4. The predicted molar refractivity (Wildman–Crippen MR) is 100.0 cm³/mol. The minimum Gasteiger partial charge on any atom is -0.341 e. The summed E-state index contributed by atoms with van der Waals surface area (Å²) in [4.78, 5) is 27.4. The fourth-order valence-corrected chi connectivity index (χ4v) is 4.43. The average Bonchev–Trinajstić information content (AvgIpc) is 2.97. The van der Waals surface area contributed by atoms with Gasteiger partial charge in [-0.3, -0.25) is 9.59 Å². The second-order valence-electron chi connectivity index (χ2n) is 6.04. The number of hydrogen-bond acceptors (Lipinski definition) is 3. The van der Waals surface area contributed by atoms with Crippen LogP contribution in [0.2, 0.25) is 0 Å². The molecule has 2 heterocycles. The Morgan fingerprint density at radius 2 is 2.12 bits per heavy atom. The lowest BCUT2D eigenvalue weighted by Crippen LogP contribution is -2.32. The molecule has 1 N–H and O–H groups in total. The van der Waals surface area contributed by atoms with E-state index in [1.807, 2.05) is 43.4 Å². The zero-order valence-corrected chi connectivity index (χ0v) is 15.8. The number of hydrogen-bond donors (Lipinski definition) is 1. The van der Waals surface area contributed by atoms with E-state index in [1.165, 1.54) is 0 Å². The summed E-state index contributed by atoms with van der Waals surface area (Å²) in [5.74, 6) is -0.0364. The van der Waals surface area contributed by atoms with Crippen LogP contribution in [0.4, 0.5) is 5.69 Å². The van der Waals surface area contributed by atoms with Gasteiger partial charge in [-0.1, -0.05) is 18.2 Å². The van der Waals surface area contributed by atoms with Crippen molar-refractivity contribution in [3.8, 4) is 0 Å². The SMILES string of the molecule is CN(Cc1ccc(Br)s1)C(=O)CCC1Cc2ccccc2NC1=O. The molecule has 2 amide bonds. The average molecular weight is 407 g/mol. The molecule has 1 unspecified atom stereocenters. The fourth-order valence-electron chi connectivity index (χ4n) is 2.89. The van der Waals surface area contributed by atoms with Crippen molar-refractivity contribution in [2.45, 2.75) is 25.8 Å². The van der Waals surface area contributed by atoms with Gasteiger partial charge in [-0.05, 0) is 52.5 Å². The highest BCUT2D eigenvalue weighted by Crippen LogP contribution is 2.28. The number of carbonyl (C=O) groups excluding carboxylic acids is 2. The Hall–Kier alpha value is -1.66. The summed E-state index contributed by atoms with van der Waals surface area (Å²) in [5.41, 5.74) is 2.04. The standard InChI is InChI=1S/C18H19BrN2O2S/c1-21(11-14-7-8-16(19)24-14)17(22)9-6-13-10-12-4-2-3-5-15(12)20-18(13)23/h2-5,7-8,13H,6,9-11H2,1H3,(H,20,23). The Morgan fingerprint density at radius 3 is 2.88 bits per heavy atom. The molecule has 1 aromatic heterocycles. The summed E-state index contributed by atoms with van der Waals surface area (Å²) in [5, 5.41) is 2.94. The second kappa shape index (κ2) is 7.49. The number of amides is 2. The van der Waals surface area contributed by atoms with Gasteiger partial charge in [0.05, 0.1) is 10.3 Å². The smallest absolute Gasteiger partial charge is 0.227 e. The summed E-state index contributed by atoms with van der Waals surface area (Å²) in [7, 11) is 1.81. The van der Waals surface area contributed by atoms with Crippen LogP contribution in [0.15, 0.2) is 40.2 Å². The quantitative estimate of drug-likeness (QED) is 0.813. The maximum Gasteiger partial charge on any atom is 0.227 e. The number of anilines is 1. The minimum absolute atomic E-state index is 0.0198. The van der Waals surface area contributed by atoms with Gasteiger partial charge in [0.1, 0.15) is 0 Å². The predicted octanol–water partition coefficient (Wildman–Crippen LogP) is 4.06. The number of fused-ring (bicyclic) bond motifs is 1. The summed E-state index contributed by atoms with van der Waals surface area (Å²) in [6, 6.07) is 11.9. The van der Waals surface area contributed by atoms with Crippen LogP contribution in [0.5, 0.6) is 0 Å². The van der Waals surface area contributed by atoms with E-state index in [1.54, 1.807) is 16.2 Å². The third-order valence-corrected chi connectivity index (χ3v) is 5.88. The highest BCUT2D eigenvalue weighted by atomic mass is 79.9. The minimum atomic E-state index is -0.131. The Kier molecular flexibility index (Phi) is 5.36. The van der Waals surface area contributed by atoms with Gasteiger partial charge in [0.25, 0.3) is 0 Å². The number of thiophene rings is 1. The Labute approximate surface area is 154 Å². The summed E-state index contributed by atoms with van der Waals surface area (Å²) >= 11 is 5.06. The number of para-hydroxylation sites is 1. The first-order valence-corrected chi connectivity index (χ1v) is 9.51. The number of benzene rings is 1. The first-order chi connectivity index (χ1) is 11.5. The molecule has 4 nitrogen and oxygen atoms in total. The van der Waals surface area contributed by atoms with Gasteiger partial charge in [0, 0.05) is 30.0 Å². The number of nitrogens with one attached hydrogen (secondary N) is 1. The molecular formula is C18H19BrN2O2S. The van der Waals surface area contributed by atoms with Gasteiger partial charge in [-0.15, -0.1) is 11.3 Å². The van der Waals surface area contributed by atoms with Crippen molar-refractivity contribution in [1.29, 1.82) is 0 Å². The molecular weight excluding hydrogens is 388 g/mol. The number of halogens is 1. The molecule has 126 valence electrons. The molecule has 24 heavy (non-hydrogen) atoms. The van der Waals surface area contributed by atoms with Crippen molar-refractivity contribution >= 4 is 44.8 Å². The first kappa shape index (κ1) is 17.2. The monoisotopic (exact) mass is 406 g/mol. The lowest BCUT2D eigenvalue weighted by Gasteiger charge is -2.25. The Morgan fingerprint density at radius 1 is 1.33 bits per heavy atom. The van der Waals surface area contributed by atoms with E-state index >= 15 is 0 Å². The third kappa shape index (κ3) is 4.05. The van der Waals surface area contributed by atoms with Gasteiger partial charge < -0.3 is 10.2 Å². The maximum absolute atomic E-state index is 12.3. The molecule has 1 aliphatic heterocycles.